The minimum atomic E-state index is -0.118. The lowest BCUT2D eigenvalue weighted by Gasteiger charge is -2.24. The second-order valence-corrected chi connectivity index (χ2v) is 5.16. The molecule has 19 heavy (non-hydrogen) atoms. The number of hydrogen-bond acceptors (Lipinski definition) is 3. The second kappa shape index (κ2) is 6.52. The lowest BCUT2D eigenvalue weighted by Crippen LogP contribution is -2.44. The lowest BCUT2D eigenvalue weighted by molar-refractivity contribution is 0.222. The summed E-state index contributed by atoms with van der Waals surface area (Å²) < 4.78 is 0. The summed E-state index contributed by atoms with van der Waals surface area (Å²) in [5, 5.41) is 5.75. The molecule has 2 rings (SSSR count). The Balaban J connectivity index is 1.64. The fraction of sp³-hybridized carbons (Fsp3) is 0.571. The number of aromatic nitrogens is 1. The first-order valence-corrected chi connectivity index (χ1v) is 6.79. The molecule has 5 nitrogen and oxygen atoms in total. The quantitative estimate of drug-likeness (QED) is 0.814. The highest BCUT2D eigenvalue weighted by Gasteiger charge is 2.28. The summed E-state index contributed by atoms with van der Waals surface area (Å²) in [7, 11) is 2.12. The van der Waals surface area contributed by atoms with E-state index in [0.717, 1.165) is 11.6 Å². The molecule has 0 spiro atoms. The number of amides is 2. The number of carbonyl (C=O) groups is 1. The molecule has 0 saturated heterocycles. The first-order valence-electron chi connectivity index (χ1n) is 6.79. The third kappa shape index (κ3) is 4.52. The van der Waals surface area contributed by atoms with Gasteiger partial charge in [0.1, 0.15) is 0 Å². The molecule has 0 aliphatic heterocycles. The molecule has 0 radical (unpaired) electrons. The third-order valence-electron chi connectivity index (χ3n) is 3.58. The van der Waals surface area contributed by atoms with Gasteiger partial charge in [0.25, 0.3) is 0 Å². The summed E-state index contributed by atoms with van der Waals surface area (Å²) in [6.45, 7) is 3.35. The molecule has 1 aromatic rings. The van der Waals surface area contributed by atoms with Crippen LogP contribution in [0.1, 0.15) is 25.3 Å². The fourth-order valence-electron chi connectivity index (χ4n) is 1.97. The average molecular weight is 262 g/mol. The zero-order valence-electron chi connectivity index (χ0n) is 11.6. The summed E-state index contributed by atoms with van der Waals surface area (Å²) in [6.07, 6.45) is 6.02. The Labute approximate surface area is 114 Å². The zero-order valence-corrected chi connectivity index (χ0v) is 11.6. The summed E-state index contributed by atoms with van der Waals surface area (Å²) >= 11 is 0. The average Bonchev–Trinajstić information content (AvgIpc) is 3.27. The van der Waals surface area contributed by atoms with E-state index in [4.69, 9.17) is 0 Å². The molecule has 1 aliphatic carbocycles. The Morgan fingerprint density at radius 2 is 2.11 bits per heavy atom. The number of pyridine rings is 1. The molecule has 104 valence electrons. The minimum Gasteiger partial charge on any atom is -0.337 e. The highest BCUT2D eigenvalue weighted by Crippen LogP contribution is 2.26. The van der Waals surface area contributed by atoms with E-state index < -0.39 is 0 Å². The van der Waals surface area contributed by atoms with Crippen LogP contribution in [-0.2, 0) is 6.54 Å². The molecule has 1 unspecified atom stereocenters. The molecule has 0 aromatic carbocycles. The van der Waals surface area contributed by atoms with Crippen molar-refractivity contribution >= 4 is 6.03 Å². The normalized spacial score (nSPS) is 16.2. The predicted molar refractivity (Wildman–Crippen MR) is 74.7 cm³/mol. The number of rotatable bonds is 6. The molecule has 1 saturated carbocycles. The van der Waals surface area contributed by atoms with Crippen LogP contribution in [0.3, 0.4) is 0 Å². The van der Waals surface area contributed by atoms with E-state index in [0.29, 0.717) is 19.1 Å². The number of nitrogens with zero attached hydrogens (tertiary/aromatic N) is 2. The van der Waals surface area contributed by atoms with Crippen LogP contribution in [0, 0.1) is 0 Å². The van der Waals surface area contributed by atoms with Gasteiger partial charge in [-0.1, -0.05) is 0 Å². The van der Waals surface area contributed by atoms with Gasteiger partial charge in [-0.15, -0.1) is 0 Å². The van der Waals surface area contributed by atoms with Gasteiger partial charge >= 0.3 is 6.03 Å². The maximum Gasteiger partial charge on any atom is 0.315 e. The maximum absolute atomic E-state index is 11.7. The first-order chi connectivity index (χ1) is 9.16. The van der Waals surface area contributed by atoms with Crippen molar-refractivity contribution in [2.45, 2.75) is 38.4 Å². The van der Waals surface area contributed by atoms with Gasteiger partial charge in [0.05, 0.1) is 0 Å². The van der Waals surface area contributed by atoms with Crippen LogP contribution < -0.4 is 10.6 Å². The van der Waals surface area contributed by atoms with Gasteiger partial charge in [-0.2, -0.15) is 0 Å². The Kier molecular flexibility index (Phi) is 4.74. The summed E-state index contributed by atoms with van der Waals surface area (Å²) in [5.74, 6) is 0. The molecule has 1 aliphatic rings. The minimum absolute atomic E-state index is 0.118. The monoisotopic (exact) mass is 262 g/mol. The Hall–Kier alpha value is -1.62. The van der Waals surface area contributed by atoms with Crippen molar-refractivity contribution in [1.82, 2.24) is 20.5 Å². The number of nitrogens with one attached hydrogen (secondary N) is 2. The van der Waals surface area contributed by atoms with Gasteiger partial charge < -0.3 is 10.6 Å². The smallest absolute Gasteiger partial charge is 0.315 e. The van der Waals surface area contributed by atoms with Gasteiger partial charge in [0, 0.05) is 37.6 Å². The van der Waals surface area contributed by atoms with Gasteiger partial charge in [-0.3, -0.25) is 9.88 Å². The van der Waals surface area contributed by atoms with Crippen molar-refractivity contribution < 1.29 is 4.79 Å². The van der Waals surface area contributed by atoms with E-state index in [-0.39, 0.29) is 6.03 Å². The molecule has 1 aromatic heterocycles. The van der Waals surface area contributed by atoms with E-state index >= 15 is 0 Å². The number of likely N-dealkylation sites (N-methyl/N-ethyl adjacent to an activating group) is 1. The predicted octanol–water partition coefficient (Wildman–Crippen LogP) is 1.36. The van der Waals surface area contributed by atoms with Gasteiger partial charge in [-0.05, 0) is 44.5 Å². The van der Waals surface area contributed by atoms with Crippen molar-refractivity contribution in [2.75, 3.05) is 13.6 Å². The number of hydrogen-bond donors (Lipinski definition) is 2. The van der Waals surface area contributed by atoms with Crippen LogP contribution in [0.25, 0.3) is 0 Å². The number of urea groups is 1. The zero-order chi connectivity index (χ0) is 13.7. The Morgan fingerprint density at radius 3 is 2.74 bits per heavy atom. The van der Waals surface area contributed by atoms with Crippen LogP contribution >= 0.6 is 0 Å². The van der Waals surface area contributed by atoms with Crippen molar-refractivity contribution in [2.24, 2.45) is 0 Å². The molecular weight excluding hydrogens is 240 g/mol. The van der Waals surface area contributed by atoms with Gasteiger partial charge in [0.15, 0.2) is 0 Å². The van der Waals surface area contributed by atoms with Crippen molar-refractivity contribution in [3.8, 4) is 0 Å². The highest BCUT2D eigenvalue weighted by atomic mass is 16.2. The van der Waals surface area contributed by atoms with Gasteiger partial charge in [0.2, 0.25) is 0 Å². The second-order valence-electron chi connectivity index (χ2n) is 5.16. The van der Waals surface area contributed by atoms with Crippen LogP contribution in [-0.4, -0.2) is 41.6 Å². The molecule has 1 heterocycles. The lowest BCUT2D eigenvalue weighted by atomic mass is 10.3. The van der Waals surface area contributed by atoms with Crippen molar-refractivity contribution in [3.05, 3.63) is 30.1 Å². The van der Waals surface area contributed by atoms with Crippen LogP contribution in [0.4, 0.5) is 4.79 Å². The number of carbonyl (C=O) groups excluding carboxylic acids is 1. The molecule has 5 heteroatoms. The molecular formula is C14H22N4O. The van der Waals surface area contributed by atoms with Crippen LogP contribution in [0.15, 0.2) is 24.5 Å². The molecule has 2 N–H and O–H groups in total. The van der Waals surface area contributed by atoms with Crippen molar-refractivity contribution in [3.63, 3.8) is 0 Å². The topological polar surface area (TPSA) is 57.3 Å². The molecule has 0 bridgehead atoms. The maximum atomic E-state index is 11.7. The third-order valence-corrected chi connectivity index (χ3v) is 3.58. The standard InChI is InChI=1S/C14H22N4O/c1-11(18(2)13-3-4-13)9-16-14(19)17-10-12-5-7-15-8-6-12/h5-8,11,13H,3-4,9-10H2,1-2H3,(H2,16,17,19). The first kappa shape index (κ1) is 13.8. The van der Waals surface area contributed by atoms with E-state index in [1.165, 1.54) is 12.8 Å². The molecule has 2 amide bonds. The van der Waals surface area contributed by atoms with Crippen molar-refractivity contribution in [1.29, 1.82) is 0 Å². The van der Waals surface area contributed by atoms with Gasteiger partial charge in [-0.25, -0.2) is 4.79 Å². The van der Waals surface area contributed by atoms with E-state index in [2.05, 4.69) is 34.5 Å². The van der Waals surface area contributed by atoms with E-state index in [9.17, 15) is 4.79 Å². The molecule has 1 atom stereocenters. The van der Waals surface area contributed by atoms with Crippen LogP contribution in [0.5, 0.6) is 0 Å². The largest absolute Gasteiger partial charge is 0.337 e. The summed E-state index contributed by atoms with van der Waals surface area (Å²) in [5.41, 5.74) is 1.05. The Morgan fingerprint density at radius 1 is 1.42 bits per heavy atom. The fourth-order valence-corrected chi connectivity index (χ4v) is 1.97. The van der Waals surface area contributed by atoms with E-state index in [1.807, 2.05) is 12.1 Å². The van der Waals surface area contributed by atoms with Crippen LogP contribution in [0.2, 0.25) is 0 Å². The molecule has 1 fully saturated rings. The summed E-state index contributed by atoms with van der Waals surface area (Å²) in [4.78, 5) is 17.9. The highest BCUT2D eigenvalue weighted by molar-refractivity contribution is 5.73. The Bertz CT molecular complexity index is 405. The van der Waals surface area contributed by atoms with E-state index in [1.54, 1.807) is 12.4 Å². The SMILES string of the molecule is CC(CNC(=O)NCc1ccncc1)N(C)C1CC1. The summed E-state index contributed by atoms with van der Waals surface area (Å²) in [6, 6.07) is 4.76.